The molecule has 0 amide bonds. The van der Waals surface area contributed by atoms with Crippen LogP contribution in [-0.4, -0.2) is 49.6 Å². The highest BCUT2D eigenvalue weighted by Gasteiger charge is 2.19. The highest BCUT2D eigenvalue weighted by molar-refractivity contribution is 7.99. The number of hydrogen-bond donors (Lipinski definition) is 4. The molecule has 0 saturated carbocycles. The van der Waals surface area contributed by atoms with Crippen LogP contribution in [0.25, 0.3) is 0 Å². The van der Waals surface area contributed by atoms with Crippen LogP contribution < -0.4 is 5.73 Å². The zero-order valence-electron chi connectivity index (χ0n) is 9.63. The van der Waals surface area contributed by atoms with Gasteiger partial charge in [-0.25, -0.2) is 4.98 Å². The largest absolute Gasteiger partial charge is 0.409 e. The first-order valence-corrected chi connectivity index (χ1v) is 6.02. The Labute approximate surface area is 111 Å². The van der Waals surface area contributed by atoms with Crippen molar-refractivity contribution in [2.24, 2.45) is 10.9 Å². The lowest BCUT2D eigenvalue weighted by Gasteiger charge is -2.07. The lowest BCUT2D eigenvalue weighted by Crippen LogP contribution is -2.16. The summed E-state index contributed by atoms with van der Waals surface area (Å²) in [6.45, 7) is -0.441. The molecule has 0 bridgehead atoms. The molecule has 1 aromatic heterocycles. The highest BCUT2D eigenvalue weighted by Crippen LogP contribution is 2.28. The molecular formula is C9H12N4O5S. The minimum Gasteiger partial charge on any atom is -0.409 e. The third kappa shape index (κ3) is 4.05. The van der Waals surface area contributed by atoms with Crippen molar-refractivity contribution in [2.75, 3.05) is 12.4 Å². The molecule has 1 aromatic rings. The van der Waals surface area contributed by atoms with E-state index in [-0.39, 0.29) is 27.9 Å². The Bertz CT molecular complexity index is 495. The van der Waals surface area contributed by atoms with Gasteiger partial charge in [-0.05, 0) is 0 Å². The van der Waals surface area contributed by atoms with Crippen LogP contribution in [0.15, 0.2) is 22.4 Å². The number of thioether (sulfide) groups is 1. The highest BCUT2D eigenvalue weighted by atomic mass is 32.2. The molecule has 0 radical (unpaired) electrons. The summed E-state index contributed by atoms with van der Waals surface area (Å²) in [7, 11) is 0. The maximum absolute atomic E-state index is 10.9. The third-order valence-electron chi connectivity index (χ3n) is 2.06. The van der Waals surface area contributed by atoms with Crippen molar-refractivity contribution in [3.05, 3.63) is 27.9 Å². The van der Waals surface area contributed by atoms with Crippen LogP contribution in [0.3, 0.4) is 0 Å². The van der Waals surface area contributed by atoms with Crippen LogP contribution in [0, 0.1) is 10.1 Å². The molecule has 1 unspecified atom stereocenters. The number of hydrogen-bond acceptors (Lipinski definition) is 8. The summed E-state index contributed by atoms with van der Waals surface area (Å²) < 4.78 is 0. The van der Waals surface area contributed by atoms with Gasteiger partial charge in [0.25, 0.3) is 0 Å². The molecule has 9 nitrogen and oxygen atoms in total. The fourth-order valence-corrected chi connectivity index (χ4v) is 1.97. The van der Waals surface area contributed by atoms with Gasteiger partial charge in [0.05, 0.1) is 17.6 Å². The van der Waals surface area contributed by atoms with Gasteiger partial charge in [0.2, 0.25) is 0 Å². The first-order chi connectivity index (χ1) is 8.99. The summed E-state index contributed by atoms with van der Waals surface area (Å²) in [5, 5.41) is 40.0. The van der Waals surface area contributed by atoms with Crippen molar-refractivity contribution in [3.8, 4) is 0 Å². The Kier molecular flexibility index (Phi) is 5.48. The monoisotopic (exact) mass is 288 g/mol. The number of rotatable bonds is 6. The molecule has 0 fully saturated rings. The zero-order chi connectivity index (χ0) is 14.4. The maximum atomic E-state index is 10.9. The topological polar surface area (TPSA) is 155 Å². The van der Waals surface area contributed by atoms with Crippen LogP contribution >= 0.6 is 11.8 Å². The molecular weight excluding hydrogens is 276 g/mol. The summed E-state index contributed by atoms with van der Waals surface area (Å²) in [5.41, 5.74) is 5.11. The molecule has 1 rings (SSSR count). The predicted octanol–water partition coefficient (Wildman–Crippen LogP) is -0.470. The zero-order valence-corrected chi connectivity index (χ0v) is 10.4. The average Bonchev–Trinajstić information content (AvgIpc) is 2.43. The van der Waals surface area contributed by atoms with Crippen LogP contribution in [0.4, 0.5) is 5.69 Å². The molecule has 5 N–H and O–H groups in total. The van der Waals surface area contributed by atoms with Crippen molar-refractivity contribution in [1.29, 1.82) is 0 Å². The second-order valence-corrected chi connectivity index (χ2v) is 4.45. The molecule has 104 valence electrons. The second-order valence-electron chi connectivity index (χ2n) is 3.44. The van der Waals surface area contributed by atoms with Crippen molar-refractivity contribution in [1.82, 2.24) is 4.98 Å². The fourth-order valence-electron chi connectivity index (χ4n) is 1.11. The molecule has 0 aromatic carbocycles. The van der Waals surface area contributed by atoms with Crippen LogP contribution in [0.2, 0.25) is 0 Å². The van der Waals surface area contributed by atoms with Crippen LogP contribution in [0.5, 0.6) is 0 Å². The fraction of sp³-hybridized carbons (Fsp3) is 0.333. The minimum atomic E-state index is -0.991. The lowest BCUT2D eigenvalue weighted by atomic mass is 10.2. The van der Waals surface area contributed by atoms with E-state index >= 15 is 0 Å². The first-order valence-electron chi connectivity index (χ1n) is 5.03. The quantitative estimate of drug-likeness (QED) is 0.137. The van der Waals surface area contributed by atoms with E-state index < -0.39 is 17.6 Å². The number of oxime groups is 1. The number of aliphatic hydroxyl groups is 2. The van der Waals surface area contributed by atoms with E-state index in [9.17, 15) is 15.2 Å². The third-order valence-corrected chi connectivity index (χ3v) is 3.20. The number of aromatic nitrogens is 1. The Balaban J connectivity index is 3.02. The van der Waals surface area contributed by atoms with Gasteiger partial charge in [0, 0.05) is 23.6 Å². The average molecular weight is 288 g/mol. The number of aliphatic hydroxyl groups excluding tert-OH is 2. The van der Waals surface area contributed by atoms with Gasteiger partial charge in [0.1, 0.15) is 0 Å². The van der Waals surface area contributed by atoms with E-state index in [2.05, 4.69) is 10.1 Å². The predicted molar refractivity (Wildman–Crippen MR) is 67.2 cm³/mol. The summed E-state index contributed by atoms with van der Waals surface area (Å²) in [4.78, 5) is 14.1. The number of nitrogens with two attached hydrogens (primary N) is 1. The number of nitro groups is 1. The standard InChI is InChI=1S/C9H12N4O5S/c10-8(12-16)5-1-7(13(17)18)9(11-2-5)19-4-6(15)3-14/h1-2,6,14-16H,3-4H2,(H2,10,12). The smallest absolute Gasteiger partial charge is 0.302 e. The van der Waals surface area contributed by atoms with Gasteiger partial charge < -0.3 is 21.2 Å². The minimum absolute atomic E-state index is 0.0628. The van der Waals surface area contributed by atoms with E-state index in [1.165, 1.54) is 6.20 Å². The molecule has 1 atom stereocenters. The van der Waals surface area contributed by atoms with E-state index in [4.69, 9.17) is 16.0 Å². The van der Waals surface area contributed by atoms with Crippen molar-refractivity contribution in [2.45, 2.75) is 11.1 Å². The van der Waals surface area contributed by atoms with Crippen LogP contribution in [0.1, 0.15) is 5.56 Å². The Hall–Kier alpha value is -1.91. The second kappa shape index (κ2) is 6.87. The summed E-state index contributed by atoms with van der Waals surface area (Å²) in [6, 6.07) is 1.12. The molecule has 0 aliphatic carbocycles. The van der Waals surface area contributed by atoms with Gasteiger partial charge in [-0.1, -0.05) is 16.9 Å². The van der Waals surface area contributed by atoms with Gasteiger partial charge in [-0.2, -0.15) is 0 Å². The number of pyridine rings is 1. The Morgan fingerprint density at radius 2 is 2.37 bits per heavy atom. The Morgan fingerprint density at radius 3 is 2.89 bits per heavy atom. The normalized spacial score (nSPS) is 13.3. The molecule has 1 heterocycles. The number of amidine groups is 1. The van der Waals surface area contributed by atoms with E-state index in [0.29, 0.717) is 0 Å². The van der Waals surface area contributed by atoms with E-state index in [0.717, 1.165) is 17.8 Å². The van der Waals surface area contributed by atoms with Crippen LogP contribution in [-0.2, 0) is 0 Å². The molecule has 0 saturated heterocycles. The Morgan fingerprint density at radius 1 is 1.68 bits per heavy atom. The summed E-state index contributed by atoms with van der Waals surface area (Å²) in [5.74, 6) is -0.227. The SMILES string of the molecule is NC(=NO)c1cnc(SCC(O)CO)c([N+](=O)[O-])c1. The van der Waals surface area contributed by atoms with E-state index in [1.807, 2.05) is 0 Å². The molecule has 0 spiro atoms. The molecule has 0 aliphatic heterocycles. The maximum Gasteiger partial charge on any atom is 0.302 e. The molecule has 19 heavy (non-hydrogen) atoms. The first kappa shape index (κ1) is 15.1. The lowest BCUT2D eigenvalue weighted by molar-refractivity contribution is -0.388. The summed E-state index contributed by atoms with van der Waals surface area (Å²) >= 11 is 0.930. The van der Waals surface area contributed by atoms with Crippen molar-refractivity contribution >= 4 is 23.3 Å². The number of nitrogens with zero attached hydrogens (tertiary/aromatic N) is 3. The molecule has 0 aliphatic rings. The van der Waals surface area contributed by atoms with Gasteiger partial charge in [-0.3, -0.25) is 10.1 Å². The van der Waals surface area contributed by atoms with Gasteiger partial charge >= 0.3 is 5.69 Å². The van der Waals surface area contributed by atoms with Crippen molar-refractivity contribution < 1.29 is 20.3 Å². The van der Waals surface area contributed by atoms with E-state index in [1.54, 1.807) is 0 Å². The summed E-state index contributed by atoms with van der Waals surface area (Å²) in [6.07, 6.45) is 0.227. The van der Waals surface area contributed by atoms with Crippen molar-refractivity contribution in [3.63, 3.8) is 0 Å². The van der Waals surface area contributed by atoms with Gasteiger partial charge in [0.15, 0.2) is 10.9 Å². The molecule has 10 heteroatoms. The van der Waals surface area contributed by atoms with Gasteiger partial charge in [-0.15, -0.1) is 0 Å².